The minimum absolute atomic E-state index is 0.0222. The average Bonchev–Trinajstić information content (AvgIpc) is 2.30. The Morgan fingerprint density at radius 3 is 2.58 bits per heavy atom. The van der Waals surface area contributed by atoms with Gasteiger partial charge in [-0.25, -0.2) is 0 Å². The molecule has 4 heteroatoms. The van der Waals surface area contributed by atoms with Crippen LogP contribution in [0.15, 0.2) is 18.2 Å². The fourth-order valence-electron chi connectivity index (χ4n) is 1.89. The topological polar surface area (TPSA) is 29.1 Å². The zero-order valence-corrected chi connectivity index (χ0v) is 15.6. The molecule has 0 bridgehead atoms. The maximum Gasteiger partial charge on any atom is 0.252 e. The molecule has 0 saturated carbocycles. The SMILES string of the molecule is Cc1cccc(C(=O)NC(CCBr)C(C)(C)C)c1I. The molecular weight excluding hydrogens is 417 g/mol. The van der Waals surface area contributed by atoms with Crippen LogP contribution in [-0.4, -0.2) is 17.3 Å². The predicted octanol–water partition coefficient (Wildman–Crippen LogP) is 4.53. The summed E-state index contributed by atoms with van der Waals surface area (Å²) in [7, 11) is 0. The molecule has 0 saturated heterocycles. The molecule has 0 spiro atoms. The fraction of sp³-hybridized carbons (Fsp3) is 0.533. The molecule has 106 valence electrons. The molecule has 0 aromatic heterocycles. The van der Waals surface area contributed by atoms with E-state index in [1.54, 1.807) is 0 Å². The molecule has 0 fully saturated rings. The Balaban J connectivity index is 2.91. The third-order valence-electron chi connectivity index (χ3n) is 3.18. The van der Waals surface area contributed by atoms with E-state index in [4.69, 9.17) is 0 Å². The molecule has 1 unspecified atom stereocenters. The van der Waals surface area contributed by atoms with Gasteiger partial charge in [0.25, 0.3) is 5.91 Å². The van der Waals surface area contributed by atoms with Crippen molar-refractivity contribution in [1.29, 1.82) is 0 Å². The van der Waals surface area contributed by atoms with E-state index in [0.717, 1.165) is 26.4 Å². The molecule has 1 rings (SSSR count). The first-order valence-corrected chi connectivity index (χ1v) is 8.59. The van der Waals surface area contributed by atoms with Gasteiger partial charge in [-0.2, -0.15) is 0 Å². The first-order chi connectivity index (χ1) is 8.77. The van der Waals surface area contributed by atoms with Gasteiger partial charge in [0.05, 0.1) is 5.56 Å². The van der Waals surface area contributed by atoms with Gasteiger partial charge >= 0.3 is 0 Å². The Labute approximate surface area is 138 Å². The minimum Gasteiger partial charge on any atom is -0.349 e. The van der Waals surface area contributed by atoms with Crippen LogP contribution in [0, 0.1) is 15.9 Å². The summed E-state index contributed by atoms with van der Waals surface area (Å²) in [5.74, 6) is 0.0222. The summed E-state index contributed by atoms with van der Waals surface area (Å²) in [6, 6.07) is 6.01. The van der Waals surface area contributed by atoms with E-state index < -0.39 is 0 Å². The lowest BCUT2D eigenvalue weighted by molar-refractivity contribution is 0.0899. The van der Waals surface area contributed by atoms with Gasteiger partial charge in [-0.1, -0.05) is 48.8 Å². The van der Waals surface area contributed by atoms with Crippen LogP contribution in [0.4, 0.5) is 0 Å². The summed E-state index contributed by atoms with van der Waals surface area (Å²) in [5, 5.41) is 4.06. The van der Waals surface area contributed by atoms with Crippen molar-refractivity contribution in [1.82, 2.24) is 5.32 Å². The van der Waals surface area contributed by atoms with Gasteiger partial charge in [0.1, 0.15) is 0 Å². The van der Waals surface area contributed by atoms with E-state index in [2.05, 4.69) is 64.6 Å². The Kier molecular flexibility index (Phi) is 6.30. The minimum atomic E-state index is 0.0222. The molecular formula is C15H21BrINO. The molecule has 1 aromatic rings. The molecule has 19 heavy (non-hydrogen) atoms. The molecule has 0 heterocycles. The van der Waals surface area contributed by atoms with Crippen LogP contribution >= 0.6 is 38.5 Å². The smallest absolute Gasteiger partial charge is 0.252 e. The van der Waals surface area contributed by atoms with Crippen molar-refractivity contribution in [3.8, 4) is 0 Å². The number of carbonyl (C=O) groups excluding carboxylic acids is 1. The van der Waals surface area contributed by atoms with E-state index in [1.807, 2.05) is 25.1 Å². The molecule has 2 nitrogen and oxygen atoms in total. The Morgan fingerprint density at radius 1 is 1.42 bits per heavy atom. The lowest BCUT2D eigenvalue weighted by atomic mass is 9.85. The standard InChI is InChI=1S/C15H21BrINO/c1-10-6-5-7-11(13(10)17)14(19)18-12(8-9-16)15(2,3)4/h5-7,12H,8-9H2,1-4H3,(H,18,19). The number of rotatable bonds is 4. The molecule has 0 radical (unpaired) electrons. The highest BCUT2D eigenvalue weighted by atomic mass is 127. The second-order valence-corrected chi connectivity index (χ2v) is 7.68. The van der Waals surface area contributed by atoms with Crippen LogP contribution in [-0.2, 0) is 0 Å². The third-order valence-corrected chi connectivity index (χ3v) is 5.07. The van der Waals surface area contributed by atoms with Crippen molar-refractivity contribution >= 4 is 44.4 Å². The van der Waals surface area contributed by atoms with Crippen LogP contribution < -0.4 is 5.32 Å². The first-order valence-electron chi connectivity index (χ1n) is 6.39. The van der Waals surface area contributed by atoms with Crippen LogP contribution in [0.25, 0.3) is 0 Å². The van der Waals surface area contributed by atoms with Crippen molar-refractivity contribution in [2.75, 3.05) is 5.33 Å². The molecule has 1 atom stereocenters. The van der Waals surface area contributed by atoms with Crippen molar-refractivity contribution in [3.63, 3.8) is 0 Å². The summed E-state index contributed by atoms with van der Waals surface area (Å²) < 4.78 is 1.03. The van der Waals surface area contributed by atoms with Gasteiger partial charge in [-0.05, 0) is 53.0 Å². The Hall–Kier alpha value is -0.100. The highest BCUT2D eigenvalue weighted by Crippen LogP contribution is 2.24. The zero-order valence-electron chi connectivity index (χ0n) is 11.9. The van der Waals surface area contributed by atoms with Crippen molar-refractivity contribution in [2.45, 2.75) is 40.2 Å². The number of nitrogens with one attached hydrogen (secondary N) is 1. The average molecular weight is 438 g/mol. The number of hydrogen-bond acceptors (Lipinski definition) is 1. The predicted molar refractivity (Wildman–Crippen MR) is 93.0 cm³/mol. The van der Waals surface area contributed by atoms with E-state index >= 15 is 0 Å². The second kappa shape index (κ2) is 7.07. The number of aryl methyl sites for hydroxylation is 1. The quantitative estimate of drug-likeness (QED) is 0.544. The van der Waals surface area contributed by atoms with Crippen LogP contribution in [0.5, 0.6) is 0 Å². The molecule has 0 aliphatic carbocycles. The summed E-state index contributed by atoms with van der Waals surface area (Å²) in [4.78, 5) is 12.4. The lowest BCUT2D eigenvalue weighted by Crippen LogP contribution is -2.44. The first kappa shape index (κ1) is 17.0. The summed E-state index contributed by atoms with van der Waals surface area (Å²) in [5.41, 5.74) is 1.96. The highest BCUT2D eigenvalue weighted by molar-refractivity contribution is 14.1. The van der Waals surface area contributed by atoms with Gasteiger partial charge in [0.15, 0.2) is 0 Å². The van der Waals surface area contributed by atoms with Crippen molar-refractivity contribution < 1.29 is 4.79 Å². The third kappa shape index (κ3) is 4.74. The van der Waals surface area contributed by atoms with Gasteiger partial charge in [0, 0.05) is 14.9 Å². The molecule has 0 aliphatic heterocycles. The number of carbonyl (C=O) groups is 1. The maximum atomic E-state index is 12.4. The van der Waals surface area contributed by atoms with Gasteiger partial charge < -0.3 is 5.32 Å². The van der Waals surface area contributed by atoms with Crippen LogP contribution in [0.3, 0.4) is 0 Å². The van der Waals surface area contributed by atoms with Crippen LogP contribution in [0.2, 0.25) is 0 Å². The molecule has 1 aromatic carbocycles. The molecule has 1 N–H and O–H groups in total. The number of halogens is 2. The zero-order chi connectivity index (χ0) is 14.6. The van der Waals surface area contributed by atoms with Crippen molar-refractivity contribution in [2.24, 2.45) is 5.41 Å². The van der Waals surface area contributed by atoms with E-state index in [9.17, 15) is 4.79 Å². The molecule has 0 aliphatic rings. The van der Waals surface area contributed by atoms with E-state index in [1.165, 1.54) is 0 Å². The second-order valence-electron chi connectivity index (χ2n) is 5.81. The van der Waals surface area contributed by atoms with E-state index in [0.29, 0.717) is 0 Å². The largest absolute Gasteiger partial charge is 0.349 e. The van der Waals surface area contributed by atoms with Crippen molar-refractivity contribution in [3.05, 3.63) is 32.9 Å². The maximum absolute atomic E-state index is 12.4. The Bertz CT molecular complexity index is 454. The molecule has 1 amide bonds. The van der Waals surface area contributed by atoms with Crippen LogP contribution in [0.1, 0.15) is 43.1 Å². The monoisotopic (exact) mass is 437 g/mol. The summed E-state index contributed by atoms with van der Waals surface area (Å²) >= 11 is 5.70. The summed E-state index contributed by atoms with van der Waals surface area (Å²) in [6.07, 6.45) is 0.928. The van der Waals surface area contributed by atoms with Gasteiger partial charge in [-0.3, -0.25) is 4.79 Å². The lowest BCUT2D eigenvalue weighted by Gasteiger charge is -2.31. The number of alkyl halides is 1. The highest BCUT2D eigenvalue weighted by Gasteiger charge is 2.26. The summed E-state index contributed by atoms with van der Waals surface area (Å²) in [6.45, 7) is 8.49. The fourth-order valence-corrected chi connectivity index (χ4v) is 2.95. The van der Waals surface area contributed by atoms with Gasteiger partial charge in [-0.15, -0.1) is 0 Å². The normalized spacial score (nSPS) is 13.2. The van der Waals surface area contributed by atoms with Gasteiger partial charge in [0.2, 0.25) is 0 Å². The van der Waals surface area contributed by atoms with E-state index in [-0.39, 0.29) is 17.4 Å². The number of benzene rings is 1. The Morgan fingerprint density at radius 2 is 2.05 bits per heavy atom. The number of amides is 1. The number of hydrogen-bond donors (Lipinski definition) is 1.